The van der Waals surface area contributed by atoms with Crippen molar-refractivity contribution in [2.75, 3.05) is 27.2 Å². The van der Waals surface area contributed by atoms with E-state index in [1.807, 2.05) is 30.1 Å². The number of rotatable bonds is 5. The van der Waals surface area contributed by atoms with Gasteiger partial charge >= 0.3 is 6.09 Å². The van der Waals surface area contributed by atoms with Gasteiger partial charge in [-0.3, -0.25) is 9.67 Å². The van der Waals surface area contributed by atoms with E-state index in [0.29, 0.717) is 29.7 Å². The number of nitrogens with zero attached hydrogens (tertiary/aromatic N) is 7. The highest BCUT2D eigenvalue weighted by Gasteiger charge is 2.27. The number of hydrogen-bond donors (Lipinski definition) is 0. The molecule has 5 rings (SSSR count). The van der Waals surface area contributed by atoms with Crippen LogP contribution in [0.2, 0.25) is 0 Å². The van der Waals surface area contributed by atoms with Crippen LogP contribution in [0.5, 0.6) is 0 Å². The van der Waals surface area contributed by atoms with Crippen LogP contribution in [-0.2, 0) is 4.74 Å². The van der Waals surface area contributed by atoms with Gasteiger partial charge in [0.15, 0.2) is 0 Å². The highest BCUT2D eigenvalue weighted by molar-refractivity contribution is 7.99. The second-order valence-corrected chi connectivity index (χ2v) is 10.1. The Bertz CT molecular complexity index is 1590. The Kier molecular flexibility index (Phi) is 7.15. The van der Waals surface area contributed by atoms with Crippen LogP contribution in [0, 0.1) is 24.1 Å². The van der Waals surface area contributed by atoms with E-state index in [2.05, 4.69) is 21.3 Å². The van der Waals surface area contributed by atoms with Crippen LogP contribution < -0.4 is 0 Å². The summed E-state index contributed by atoms with van der Waals surface area (Å²) in [6.07, 6.45) is 8.32. The normalized spacial score (nSPS) is 15.8. The molecule has 0 bridgehead atoms. The Morgan fingerprint density at radius 3 is 2.89 bits per heavy atom. The van der Waals surface area contributed by atoms with E-state index in [1.54, 1.807) is 34.9 Å². The third-order valence-electron chi connectivity index (χ3n) is 6.69. The predicted octanol–water partition coefficient (Wildman–Crippen LogP) is 5.12. The fraction of sp³-hybridized carbons (Fsp3) is 0.296. The first-order chi connectivity index (χ1) is 18.4. The minimum Gasteiger partial charge on any atom is -0.453 e. The van der Waals surface area contributed by atoms with Crippen LogP contribution in [0.1, 0.15) is 35.7 Å². The molecule has 0 unspecified atom stereocenters. The first-order valence-corrected chi connectivity index (χ1v) is 12.9. The van der Waals surface area contributed by atoms with Gasteiger partial charge in [-0.05, 0) is 44.0 Å². The smallest absolute Gasteiger partial charge is 0.409 e. The van der Waals surface area contributed by atoms with Gasteiger partial charge in [0, 0.05) is 64.7 Å². The zero-order valence-electron chi connectivity index (χ0n) is 21.3. The van der Waals surface area contributed by atoms with Crippen molar-refractivity contribution in [1.29, 1.82) is 5.26 Å². The van der Waals surface area contributed by atoms with Crippen molar-refractivity contribution in [2.24, 2.45) is 4.99 Å². The van der Waals surface area contributed by atoms with Gasteiger partial charge in [-0.15, -0.1) is 0 Å². The van der Waals surface area contributed by atoms with E-state index in [0.717, 1.165) is 39.5 Å². The fourth-order valence-electron chi connectivity index (χ4n) is 4.89. The number of aromatic nitrogens is 4. The number of carbonyl (C=O) groups excluding carboxylic acids is 1. The molecule has 4 heterocycles. The summed E-state index contributed by atoms with van der Waals surface area (Å²) in [5, 5.41) is 18.8. The number of fused-ring (bicyclic) bond motifs is 1. The molecule has 1 fully saturated rings. The first-order valence-electron chi connectivity index (χ1n) is 12.1. The van der Waals surface area contributed by atoms with Gasteiger partial charge in [0.25, 0.3) is 0 Å². The Morgan fingerprint density at radius 1 is 1.29 bits per heavy atom. The zero-order valence-corrected chi connectivity index (χ0v) is 22.1. The lowest BCUT2D eigenvalue weighted by molar-refractivity contribution is 0.101. The molecule has 1 saturated heterocycles. The van der Waals surface area contributed by atoms with Crippen molar-refractivity contribution in [2.45, 2.75) is 35.6 Å². The van der Waals surface area contributed by atoms with Crippen molar-refractivity contribution < 1.29 is 13.9 Å². The summed E-state index contributed by atoms with van der Waals surface area (Å²) >= 11 is 1.43. The standard InChI is InChI=1S/C27H26FN7O2S/c1-17-23(14-32-35(17)22-5-4-8-33(16-22)27(36)37-3)19-10-25(26-20(11-29)13-31-34(26)15-19)38-24-7-6-21(28)9-18(24)12-30-2/h6-7,9-10,12-15,22H,4-5,8,16H2,1-3H3/b30-12-/t22-/m0/s1. The molecule has 38 heavy (non-hydrogen) atoms. The summed E-state index contributed by atoms with van der Waals surface area (Å²) in [6, 6.07) is 8.83. The molecular weight excluding hydrogens is 505 g/mol. The number of halogens is 1. The molecule has 3 aromatic heterocycles. The number of nitriles is 1. The van der Waals surface area contributed by atoms with Gasteiger partial charge in [-0.1, -0.05) is 11.8 Å². The van der Waals surface area contributed by atoms with E-state index in [4.69, 9.17) is 4.74 Å². The zero-order chi connectivity index (χ0) is 26.8. The number of ether oxygens (including phenoxy) is 1. The molecule has 11 heteroatoms. The molecule has 194 valence electrons. The predicted molar refractivity (Wildman–Crippen MR) is 142 cm³/mol. The Balaban J connectivity index is 1.56. The SMILES string of the molecule is C/N=C\c1cc(F)ccc1Sc1cc(-c2cnn([C@H]3CCCN(C(=O)OC)C3)c2C)cn2ncc(C#N)c12. The van der Waals surface area contributed by atoms with E-state index in [-0.39, 0.29) is 18.0 Å². The number of likely N-dealkylation sites (tertiary alicyclic amines) is 1. The largest absolute Gasteiger partial charge is 0.453 e. The summed E-state index contributed by atoms with van der Waals surface area (Å²) < 4.78 is 22.5. The quantitative estimate of drug-likeness (QED) is 0.331. The van der Waals surface area contributed by atoms with Crippen LogP contribution in [0.15, 0.2) is 57.6 Å². The average Bonchev–Trinajstić information content (AvgIpc) is 3.53. The lowest BCUT2D eigenvalue weighted by atomic mass is 10.0. The van der Waals surface area contributed by atoms with Gasteiger partial charge < -0.3 is 9.64 Å². The van der Waals surface area contributed by atoms with Crippen molar-refractivity contribution in [3.05, 3.63) is 65.5 Å². The van der Waals surface area contributed by atoms with Crippen molar-refractivity contribution in [1.82, 2.24) is 24.3 Å². The second-order valence-electron chi connectivity index (χ2n) is 9.03. The Labute approximate surface area is 223 Å². The number of hydrogen-bond acceptors (Lipinski definition) is 7. The van der Waals surface area contributed by atoms with Gasteiger partial charge in [-0.25, -0.2) is 13.7 Å². The molecule has 0 spiro atoms. The van der Waals surface area contributed by atoms with E-state index in [1.165, 1.54) is 31.0 Å². The van der Waals surface area contributed by atoms with Gasteiger partial charge in [0.2, 0.25) is 0 Å². The van der Waals surface area contributed by atoms with Crippen LogP contribution in [0.4, 0.5) is 9.18 Å². The average molecular weight is 532 g/mol. The number of aliphatic imine (C=N–C) groups is 1. The van der Waals surface area contributed by atoms with E-state index in [9.17, 15) is 14.4 Å². The van der Waals surface area contributed by atoms with Crippen LogP contribution >= 0.6 is 11.8 Å². The van der Waals surface area contributed by atoms with Gasteiger partial charge in [0.05, 0.1) is 36.6 Å². The molecule has 4 aromatic rings. The van der Waals surface area contributed by atoms with E-state index >= 15 is 0 Å². The van der Waals surface area contributed by atoms with Crippen LogP contribution in [-0.4, -0.2) is 63.8 Å². The Hall–Kier alpha value is -4.17. The number of carbonyl (C=O) groups is 1. The number of benzene rings is 1. The third kappa shape index (κ3) is 4.75. The van der Waals surface area contributed by atoms with Gasteiger partial charge in [-0.2, -0.15) is 15.5 Å². The fourth-order valence-corrected chi connectivity index (χ4v) is 5.97. The maximum atomic E-state index is 13.9. The van der Waals surface area contributed by atoms with Crippen LogP contribution in [0.3, 0.4) is 0 Å². The number of piperidine rings is 1. The van der Waals surface area contributed by atoms with Gasteiger partial charge in [0.1, 0.15) is 11.9 Å². The summed E-state index contributed by atoms with van der Waals surface area (Å²) in [5.41, 5.74) is 4.54. The Morgan fingerprint density at radius 2 is 2.13 bits per heavy atom. The molecule has 1 aromatic carbocycles. The minimum atomic E-state index is -0.346. The number of pyridine rings is 1. The molecule has 1 aliphatic heterocycles. The molecule has 1 atom stereocenters. The number of amides is 1. The molecule has 0 N–H and O–H groups in total. The number of methoxy groups -OCH3 is 1. The lowest BCUT2D eigenvalue weighted by Crippen LogP contribution is -2.41. The first kappa shape index (κ1) is 25.5. The lowest BCUT2D eigenvalue weighted by Gasteiger charge is -2.32. The van der Waals surface area contributed by atoms with E-state index < -0.39 is 0 Å². The third-order valence-corrected chi connectivity index (χ3v) is 7.81. The summed E-state index contributed by atoms with van der Waals surface area (Å²) in [7, 11) is 3.03. The van der Waals surface area contributed by atoms with Crippen LogP contribution in [0.25, 0.3) is 16.6 Å². The highest BCUT2D eigenvalue weighted by Crippen LogP contribution is 2.38. The maximum absolute atomic E-state index is 13.9. The molecule has 1 aliphatic rings. The second kappa shape index (κ2) is 10.7. The summed E-state index contributed by atoms with van der Waals surface area (Å²) in [6.45, 7) is 3.21. The molecule has 0 saturated carbocycles. The maximum Gasteiger partial charge on any atom is 0.409 e. The van der Waals surface area contributed by atoms with Crippen molar-refractivity contribution in [3.8, 4) is 17.2 Å². The molecule has 9 nitrogen and oxygen atoms in total. The molecule has 1 amide bonds. The summed E-state index contributed by atoms with van der Waals surface area (Å²) in [4.78, 5) is 19.5. The summed E-state index contributed by atoms with van der Waals surface area (Å²) in [5.74, 6) is -0.346. The van der Waals surface area contributed by atoms with Crippen molar-refractivity contribution >= 4 is 29.6 Å². The molecule has 0 aliphatic carbocycles. The topological polar surface area (TPSA) is 101 Å². The minimum absolute atomic E-state index is 0.0409. The monoisotopic (exact) mass is 531 g/mol. The molecular formula is C27H26FN7O2S. The van der Waals surface area contributed by atoms with Crippen molar-refractivity contribution in [3.63, 3.8) is 0 Å². The highest BCUT2D eigenvalue weighted by atomic mass is 32.2. The molecule has 0 radical (unpaired) electrons.